The number of rotatable bonds is 10. The molecule has 0 bridgehead atoms. The van der Waals surface area contributed by atoms with Gasteiger partial charge in [0.15, 0.2) is 0 Å². The first-order valence-corrected chi connectivity index (χ1v) is 9.74. The number of halogens is 2. The van der Waals surface area contributed by atoms with Crippen LogP contribution in [0.1, 0.15) is 63.0 Å². The zero-order valence-corrected chi connectivity index (χ0v) is 15.4. The Hall–Kier alpha value is -1.22. The van der Waals surface area contributed by atoms with Crippen molar-refractivity contribution >= 4 is 0 Å². The molecule has 0 amide bonds. The van der Waals surface area contributed by atoms with Crippen LogP contribution in [-0.4, -0.2) is 12.5 Å². The molecule has 0 radical (unpaired) electrons. The summed E-state index contributed by atoms with van der Waals surface area (Å²) in [7, 11) is 0. The summed E-state index contributed by atoms with van der Waals surface area (Å²) < 4.78 is 32.6. The molecule has 1 nitrogen and oxygen atoms in total. The fourth-order valence-corrected chi connectivity index (χ4v) is 3.70. The van der Waals surface area contributed by atoms with Crippen molar-refractivity contribution in [2.45, 2.75) is 77.4 Å². The van der Waals surface area contributed by atoms with Gasteiger partial charge in [-0.1, -0.05) is 50.1 Å². The maximum absolute atomic E-state index is 13.5. The Morgan fingerprint density at radius 1 is 1.08 bits per heavy atom. The van der Waals surface area contributed by atoms with E-state index in [-0.39, 0.29) is 12.5 Å². The number of hydrogen-bond donors (Lipinski definition) is 0. The third-order valence-corrected chi connectivity index (χ3v) is 5.40. The summed E-state index contributed by atoms with van der Waals surface area (Å²) in [4.78, 5) is 0. The van der Waals surface area contributed by atoms with E-state index in [0.29, 0.717) is 5.92 Å². The van der Waals surface area contributed by atoms with Crippen molar-refractivity contribution < 1.29 is 13.5 Å². The van der Waals surface area contributed by atoms with Crippen LogP contribution in [0, 0.1) is 11.8 Å². The minimum absolute atomic E-state index is 0.0375. The summed E-state index contributed by atoms with van der Waals surface area (Å²) >= 11 is 0. The predicted molar refractivity (Wildman–Crippen MR) is 99.9 cm³/mol. The number of hydrogen-bond acceptors (Lipinski definition) is 1. The van der Waals surface area contributed by atoms with Crippen LogP contribution in [0.25, 0.3) is 0 Å². The van der Waals surface area contributed by atoms with E-state index in [1.807, 2.05) is 18.2 Å². The van der Waals surface area contributed by atoms with E-state index in [1.165, 1.54) is 24.8 Å². The lowest BCUT2D eigenvalue weighted by atomic mass is 9.79. The minimum atomic E-state index is -2.42. The number of ether oxygens (including phenoxy) is 1. The Labute approximate surface area is 151 Å². The average molecular weight is 350 g/mol. The molecule has 1 aliphatic carbocycles. The van der Waals surface area contributed by atoms with Crippen LogP contribution < -0.4 is 0 Å². The van der Waals surface area contributed by atoms with E-state index in [9.17, 15) is 8.78 Å². The highest BCUT2D eigenvalue weighted by Gasteiger charge is 2.33. The fourth-order valence-electron chi connectivity index (χ4n) is 3.70. The molecule has 1 atom stereocenters. The van der Waals surface area contributed by atoms with E-state index in [4.69, 9.17) is 4.74 Å². The highest BCUT2D eigenvalue weighted by atomic mass is 19.3. The summed E-state index contributed by atoms with van der Waals surface area (Å²) in [6.45, 7) is 6.28. The smallest absolute Gasteiger partial charge is 0.264 e. The van der Waals surface area contributed by atoms with Crippen molar-refractivity contribution in [1.82, 2.24) is 0 Å². The third kappa shape index (κ3) is 6.54. The lowest BCUT2D eigenvalue weighted by Crippen LogP contribution is -2.33. The van der Waals surface area contributed by atoms with E-state index in [0.717, 1.165) is 37.7 Å². The van der Waals surface area contributed by atoms with Crippen molar-refractivity contribution in [3.8, 4) is 0 Å². The fraction of sp³-hybridized carbons (Fsp3) is 0.636. The van der Waals surface area contributed by atoms with Crippen LogP contribution in [-0.2, 0) is 17.8 Å². The highest BCUT2D eigenvalue weighted by molar-refractivity contribution is 5.22. The summed E-state index contributed by atoms with van der Waals surface area (Å²) in [5.41, 5.74) is 2.29. The van der Waals surface area contributed by atoms with Crippen LogP contribution >= 0.6 is 0 Å². The normalized spacial score (nSPS) is 22.1. The summed E-state index contributed by atoms with van der Waals surface area (Å²) in [5.74, 6) is 0.444. The van der Waals surface area contributed by atoms with Crippen LogP contribution in [0.3, 0.4) is 0 Å². The van der Waals surface area contributed by atoms with E-state index < -0.39 is 12.5 Å². The van der Waals surface area contributed by atoms with E-state index in [2.05, 4.69) is 25.6 Å². The summed E-state index contributed by atoms with van der Waals surface area (Å²) in [6.07, 6.45) is 6.86. The van der Waals surface area contributed by atoms with Gasteiger partial charge in [0, 0.05) is 0 Å². The second-order valence-corrected chi connectivity index (χ2v) is 7.29. The molecule has 3 heteroatoms. The minimum Gasteiger partial charge on any atom is -0.367 e. The molecule has 2 rings (SSSR count). The molecule has 1 unspecified atom stereocenters. The zero-order chi connectivity index (χ0) is 18.1. The van der Waals surface area contributed by atoms with Gasteiger partial charge in [0.2, 0.25) is 0 Å². The Morgan fingerprint density at radius 3 is 2.28 bits per heavy atom. The van der Waals surface area contributed by atoms with Gasteiger partial charge < -0.3 is 4.74 Å². The Kier molecular flexibility index (Phi) is 8.60. The zero-order valence-electron chi connectivity index (χ0n) is 15.4. The van der Waals surface area contributed by atoms with Gasteiger partial charge in [-0.25, -0.2) is 8.78 Å². The number of alkyl halides is 2. The van der Waals surface area contributed by atoms with Gasteiger partial charge in [-0.15, -0.1) is 6.58 Å². The maximum atomic E-state index is 13.5. The summed E-state index contributed by atoms with van der Waals surface area (Å²) in [6, 6.07) is 8.22. The molecule has 25 heavy (non-hydrogen) atoms. The first-order valence-electron chi connectivity index (χ1n) is 9.74. The first-order chi connectivity index (χ1) is 12.1. The second kappa shape index (κ2) is 10.7. The van der Waals surface area contributed by atoms with Crippen molar-refractivity contribution in [3.05, 3.63) is 48.0 Å². The largest absolute Gasteiger partial charge is 0.367 e. The van der Waals surface area contributed by atoms with Crippen molar-refractivity contribution in [1.29, 1.82) is 0 Å². The number of benzene rings is 1. The molecule has 0 aliphatic heterocycles. The van der Waals surface area contributed by atoms with Crippen LogP contribution in [0.5, 0.6) is 0 Å². The van der Waals surface area contributed by atoms with E-state index >= 15 is 0 Å². The van der Waals surface area contributed by atoms with Gasteiger partial charge in [-0.05, 0) is 61.5 Å². The predicted octanol–water partition coefficient (Wildman–Crippen LogP) is 6.56. The quantitative estimate of drug-likeness (QED) is 0.343. The monoisotopic (exact) mass is 350 g/mol. The van der Waals surface area contributed by atoms with Crippen molar-refractivity contribution in [2.75, 3.05) is 0 Å². The summed E-state index contributed by atoms with van der Waals surface area (Å²) in [5, 5.41) is 0. The van der Waals surface area contributed by atoms with Crippen LogP contribution in [0.15, 0.2) is 36.9 Å². The lowest BCUT2D eigenvalue weighted by Gasteiger charge is -2.32. The molecule has 0 spiro atoms. The molecule has 140 valence electrons. The lowest BCUT2D eigenvalue weighted by molar-refractivity contribution is -0.101. The Morgan fingerprint density at radius 2 is 1.72 bits per heavy atom. The van der Waals surface area contributed by atoms with Crippen LogP contribution in [0.4, 0.5) is 8.78 Å². The van der Waals surface area contributed by atoms with Gasteiger partial charge in [-0.3, -0.25) is 0 Å². The highest BCUT2D eigenvalue weighted by Crippen LogP contribution is 2.34. The molecule has 1 saturated carbocycles. The molecule has 1 aromatic rings. The molecule has 0 heterocycles. The van der Waals surface area contributed by atoms with Crippen molar-refractivity contribution in [3.63, 3.8) is 0 Å². The number of allylic oxidation sites excluding steroid dienone is 1. The molecule has 1 aromatic carbocycles. The second-order valence-electron chi connectivity index (χ2n) is 7.29. The van der Waals surface area contributed by atoms with Crippen LogP contribution in [0.2, 0.25) is 0 Å². The molecular formula is C22H32F2O. The van der Waals surface area contributed by atoms with Gasteiger partial charge >= 0.3 is 0 Å². The Balaban J connectivity index is 1.83. The van der Waals surface area contributed by atoms with Gasteiger partial charge in [0.25, 0.3) is 6.43 Å². The average Bonchev–Trinajstić information content (AvgIpc) is 2.63. The number of unbranched alkanes of at least 4 members (excludes halogenated alkanes) is 2. The first kappa shape index (κ1) is 20.1. The molecule has 0 saturated heterocycles. The van der Waals surface area contributed by atoms with Gasteiger partial charge in [0.1, 0.15) is 6.10 Å². The van der Waals surface area contributed by atoms with Gasteiger partial charge in [-0.2, -0.15) is 0 Å². The molecule has 0 N–H and O–H groups in total. The van der Waals surface area contributed by atoms with Crippen molar-refractivity contribution in [2.24, 2.45) is 11.8 Å². The Bertz CT molecular complexity index is 489. The molecule has 1 aliphatic rings. The molecular weight excluding hydrogens is 318 g/mol. The SMILES string of the molecule is C=CC1CCC(C(OCc2ccc(CCCCC)cc2)C(F)F)CC1. The van der Waals surface area contributed by atoms with Gasteiger partial charge in [0.05, 0.1) is 6.61 Å². The molecule has 0 aromatic heterocycles. The topological polar surface area (TPSA) is 9.23 Å². The number of aryl methyl sites for hydroxylation is 1. The molecule has 1 fully saturated rings. The standard InChI is InChI=1S/C22H32F2O/c1-3-5-6-7-18-8-10-19(11-9-18)16-25-21(22(23)24)20-14-12-17(4-2)13-15-20/h4,8-11,17,20-22H,2-3,5-7,12-16H2,1H3. The third-order valence-electron chi connectivity index (χ3n) is 5.40. The maximum Gasteiger partial charge on any atom is 0.264 e. The van der Waals surface area contributed by atoms with E-state index in [1.54, 1.807) is 0 Å².